The number of carbonyl (C=O) groups is 1. The number of anilines is 1. The number of benzene rings is 3. The zero-order valence-corrected chi connectivity index (χ0v) is 18.3. The molecule has 0 aliphatic rings. The third-order valence-corrected chi connectivity index (χ3v) is 6.46. The van der Waals surface area contributed by atoms with Crippen molar-refractivity contribution in [2.24, 2.45) is 0 Å². The minimum atomic E-state index is -3.77. The molecule has 0 heterocycles. The van der Waals surface area contributed by atoms with E-state index in [9.17, 15) is 22.0 Å². The summed E-state index contributed by atoms with van der Waals surface area (Å²) in [5.41, 5.74) is 0.453. The van der Waals surface area contributed by atoms with E-state index >= 15 is 0 Å². The lowest BCUT2D eigenvalue weighted by molar-refractivity contribution is 0.102. The monoisotopic (exact) mass is 460 g/mol. The highest BCUT2D eigenvalue weighted by atomic mass is 32.2. The summed E-state index contributed by atoms with van der Waals surface area (Å²) < 4.78 is 59.5. The van der Waals surface area contributed by atoms with E-state index in [0.29, 0.717) is 24.0 Å². The van der Waals surface area contributed by atoms with Gasteiger partial charge in [0.15, 0.2) is 0 Å². The summed E-state index contributed by atoms with van der Waals surface area (Å²) in [5, 5.41) is 2.39. The van der Waals surface area contributed by atoms with Gasteiger partial charge in [0, 0.05) is 30.8 Å². The molecular weight excluding hydrogens is 438 g/mol. The van der Waals surface area contributed by atoms with E-state index in [1.807, 2.05) is 0 Å². The number of halogens is 2. The van der Waals surface area contributed by atoms with E-state index in [4.69, 9.17) is 4.74 Å². The van der Waals surface area contributed by atoms with Crippen molar-refractivity contribution in [1.29, 1.82) is 0 Å². The fourth-order valence-electron chi connectivity index (χ4n) is 3.02. The van der Waals surface area contributed by atoms with E-state index in [2.05, 4.69) is 5.32 Å². The molecule has 32 heavy (non-hydrogen) atoms. The first kappa shape index (κ1) is 23.4. The van der Waals surface area contributed by atoms with E-state index in [1.165, 1.54) is 31.3 Å². The molecule has 0 atom stereocenters. The average Bonchev–Trinajstić information content (AvgIpc) is 2.77. The molecule has 9 heteroatoms. The summed E-state index contributed by atoms with van der Waals surface area (Å²) in [6, 6.07) is 15.3. The van der Waals surface area contributed by atoms with Crippen LogP contribution in [0.15, 0.2) is 71.6 Å². The predicted molar refractivity (Wildman–Crippen MR) is 117 cm³/mol. The van der Waals surface area contributed by atoms with Crippen LogP contribution in [0.1, 0.15) is 22.8 Å². The van der Waals surface area contributed by atoms with Crippen molar-refractivity contribution >= 4 is 21.6 Å². The second-order valence-electron chi connectivity index (χ2n) is 6.91. The largest absolute Gasteiger partial charge is 0.494 e. The van der Waals surface area contributed by atoms with Crippen LogP contribution in [-0.2, 0) is 16.6 Å². The Morgan fingerprint density at radius 3 is 2.41 bits per heavy atom. The fourth-order valence-corrected chi connectivity index (χ4v) is 4.19. The molecule has 0 saturated carbocycles. The second-order valence-corrected chi connectivity index (χ2v) is 8.95. The molecular formula is C23H22F2N2O4S. The Labute approximate surface area is 185 Å². The Kier molecular flexibility index (Phi) is 7.22. The Balaban J connectivity index is 1.88. The topological polar surface area (TPSA) is 75.7 Å². The Bertz CT molecular complexity index is 1220. The number of nitrogens with one attached hydrogen (secondary N) is 1. The molecule has 3 rings (SSSR count). The third kappa shape index (κ3) is 5.30. The molecule has 3 aromatic carbocycles. The number of rotatable bonds is 8. The van der Waals surface area contributed by atoms with Gasteiger partial charge >= 0.3 is 0 Å². The van der Waals surface area contributed by atoms with E-state index in [1.54, 1.807) is 31.2 Å². The standard InChI is InChI=1S/C23H22F2N2O4S/c1-3-31-22-12-9-16(23(28)26-21-11-10-18(24)14-20(21)25)13-17(22)15-27(2)32(29,30)19-7-5-4-6-8-19/h4-14H,3,15H2,1-2H3,(H,26,28). The number of sulfonamides is 1. The van der Waals surface area contributed by atoms with Gasteiger partial charge in [-0.05, 0) is 49.4 Å². The number of hydrogen-bond acceptors (Lipinski definition) is 4. The average molecular weight is 461 g/mol. The summed E-state index contributed by atoms with van der Waals surface area (Å²) in [4.78, 5) is 12.8. The number of amides is 1. The maximum Gasteiger partial charge on any atom is 0.255 e. The van der Waals surface area contributed by atoms with Crippen molar-refractivity contribution in [3.05, 3.63) is 89.5 Å². The lowest BCUT2D eigenvalue weighted by atomic mass is 10.1. The van der Waals surface area contributed by atoms with Gasteiger partial charge in [0.05, 0.1) is 17.2 Å². The van der Waals surface area contributed by atoms with E-state index in [-0.39, 0.29) is 22.7 Å². The zero-order valence-electron chi connectivity index (χ0n) is 17.5. The molecule has 1 amide bonds. The van der Waals surface area contributed by atoms with Crippen LogP contribution in [0, 0.1) is 11.6 Å². The van der Waals surface area contributed by atoms with Crippen molar-refractivity contribution in [2.75, 3.05) is 19.0 Å². The minimum Gasteiger partial charge on any atom is -0.494 e. The van der Waals surface area contributed by atoms with Gasteiger partial charge < -0.3 is 10.1 Å². The molecule has 0 fully saturated rings. The Hall–Kier alpha value is -3.30. The SMILES string of the molecule is CCOc1ccc(C(=O)Nc2ccc(F)cc2F)cc1CN(C)S(=O)(=O)c1ccccc1. The van der Waals surface area contributed by atoms with Crippen molar-refractivity contribution in [3.63, 3.8) is 0 Å². The number of nitrogens with zero attached hydrogens (tertiary/aromatic N) is 1. The highest BCUT2D eigenvalue weighted by Gasteiger charge is 2.22. The van der Waals surface area contributed by atoms with Crippen molar-refractivity contribution in [2.45, 2.75) is 18.4 Å². The van der Waals surface area contributed by atoms with Crippen molar-refractivity contribution in [1.82, 2.24) is 4.31 Å². The summed E-state index contributed by atoms with van der Waals surface area (Å²) >= 11 is 0. The molecule has 3 aromatic rings. The number of ether oxygens (including phenoxy) is 1. The summed E-state index contributed by atoms with van der Waals surface area (Å²) in [5.74, 6) is -1.87. The lowest BCUT2D eigenvalue weighted by Gasteiger charge is -2.20. The lowest BCUT2D eigenvalue weighted by Crippen LogP contribution is -2.27. The van der Waals surface area contributed by atoms with Gasteiger partial charge in [0.1, 0.15) is 17.4 Å². The molecule has 0 aliphatic heterocycles. The van der Waals surface area contributed by atoms with E-state index < -0.39 is 27.6 Å². The van der Waals surface area contributed by atoms with Crippen LogP contribution >= 0.6 is 0 Å². The summed E-state index contributed by atoms with van der Waals surface area (Å²) in [6.07, 6.45) is 0. The summed E-state index contributed by atoms with van der Waals surface area (Å²) in [7, 11) is -2.34. The van der Waals surface area contributed by atoms with Crippen molar-refractivity contribution < 1.29 is 26.7 Å². The van der Waals surface area contributed by atoms with Crippen LogP contribution in [0.25, 0.3) is 0 Å². The van der Waals surface area contributed by atoms with Crippen molar-refractivity contribution in [3.8, 4) is 5.75 Å². The predicted octanol–water partition coefficient (Wildman–Crippen LogP) is 4.44. The van der Waals surface area contributed by atoms with Gasteiger partial charge in [0.2, 0.25) is 10.0 Å². The third-order valence-electron chi connectivity index (χ3n) is 4.65. The molecule has 0 aromatic heterocycles. The molecule has 0 aliphatic carbocycles. The normalized spacial score (nSPS) is 11.4. The zero-order chi connectivity index (χ0) is 23.3. The van der Waals surface area contributed by atoms with Gasteiger partial charge in [-0.2, -0.15) is 4.31 Å². The van der Waals surface area contributed by atoms with Gasteiger partial charge in [-0.1, -0.05) is 18.2 Å². The van der Waals surface area contributed by atoms with Gasteiger partial charge in [-0.3, -0.25) is 4.79 Å². The molecule has 0 bridgehead atoms. The van der Waals surface area contributed by atoms with Crippen LogP contribution < -0.4 is 10.1 Å². The first-order valence-corrected chi connectivity index (χ1v) is 11.2. The summed E-state index contributed by atoms with van der Waals surface area (Å²) in [6.45, 7) is 2.07. The molecule has 1 N–H and O–H groups in total. The molecule has 0 unspecified atom stereocenters. The molecule has 0 saturated heterocycles. The first-order valence-electron chi connectivity index (χ1n) is 9.76. The van der Waals surface area contributed by atoms with Crippen LogP contribution in [0.2, 0.25) is 0 Å². The Morgan fingerprint density at radius 1 is 1.03 bits per heavy atom. The number of carbonyl (C=O) groups excluding carboxylic acids is 1. The van der Waals surface area contributed by atoms with E-state index in [0.717, 1.165) is 16.4 Å². The molecule has 0 spiro atoms. The van der Waals surface area contributed by atoms with Gasteiger partial charge in [-0.25, -0.2) is 17.2 Å². The minimum absolute atomic E-state index is 0.0570. The second kappa shape index (κ2) is 9.88. The number of hydrogen-bond donors (Lipinski definition) is 1. The molecule has 0 radical (unpaired) electrons. The highest BCUT2D eigenvalue weighted by molar-refractivity contribution is 7.89. The van der Waals surface area contributed by atoms with Crippen LogP contribution in [0.4, 0.5) is 14.5 Å². The van der Waals surface area contributed by atoms with Crippen LogP contribution in [0.5, 0.6) is 5.75 Å². The van der Waals surface area contributed by atoms with Crippen LogP contribution in [-0.4, -0.2) is 32.3 Å². The van der Waals surface area contributed by atoms with Crippen LogP contribution in [0.3, 0.4) is 0 Å². The Morgan fingerprint density at radius 2 is 1.75 bits per heavy atom. The molecule has 168 valence electrons. The first-order chi connectivity index (χ1) is 15.2. The maximum absolute atomic E-state index is 13.9. The van der Waals surface area contributed by atoms with Gasteiger partial charge in [0.25, 0.3) is 5.91 Å². The quantitative estimate of drug-likeness (QED) is 0.539. The van der Waals surface area contributed by atoms with Gasteiger partial charge in [-0.15, -0.1) is 0 Å². The highest BCUT2D eigenvalue weighted by Crippen LogP contribution is 2.25. The fraction of sp³-hybridized carbons (Fsp3) is 0.174. The maximum atomic E-state index is 13.9. The molecule has 6 nitrogen and oxygen atoms in total. The smallest absolute Gasteiger partial charge is 0.255 e.